The van der Waals surface area contributed by atoms with Crippen LogP contribution in [0.5, 0.6) is 0 Å². The molecule has 0 aliphatic carbocycles. The second-order valence-electron chi connectivity index (χ2n) is 4.17. The summed E-state index contributed by atoms with van der Waals surface area (Å²) in [6.45, 7) is 1.91. The van der Waals surface area contributed by atoms with Crippen molar-refractivity contribution in [2.24, 2.45) is 0 Å². The van der Waals surface area contributed by atoms with Crippen molar-refractivity contribution in [2.45, 2.75) is 44.2 Å². The van der Waals surface area contributed by atoms with Crippen LogP contribution in [0, 0.1) is 6.92 Å². The Morgan fingerprint density at radius 1 is 1.54 bits per heavy atom. The fourth-order valence-corrected chi connectivity index (χ4v) is 2.69. The SMILES string of the molecule is Cc1ncc(C2CC3CCC2N3)o1. The van der Waals surface area contributed by atoms with Gasteiger partial charge in [0.1, 0.15) is 5.76 Å². The second kappa shape index (κ2) is 2.58. The topological polar surface area (TPSA) is 38.1 Å². The van der Waals surface area contributed by atoms with Gasteiger partial charge in [-0.1, -0.05) is 0 Å². The zero-order valence-electron chi connectivity index (χ0n) is 7.79. The molecule has 3 rings (SSSR count). The van der Waals surface area contributed by atoms with Gasteiger partial charge in [0.05, 0.1) is 6.20 Å². The minimum Gasteiger partial charge on any atom is -0.446 e. The van der Waals surface area contributed by atoms with Crippen LogP contribution in [-0.4, -0.2) is 17.1 Å². The molecule has 2 aliphatic heterocycles. The van der Waals surface area contributed by atoms with Crippen molar-refractivity contribution >= 4 is 0 Å². The van der Waals surface area contributed by atoms with Gasteiger partial charge in [0.25, 0.3) is 0 Å². The summed E-state index contributed by atoms with van der Waals surface area (Å²) < 4.78 is 5.57. The molecular formula is C10H14N2O. The highest BCUT2D eigenvalue weighted by Gasteiger charge is 2.41. The average Bonchev–Trinajstić information content (AvgIpc) is 2.77. The van der Waals surface area contributed by atoms with Gasteiger partial charge in [-0.3, -0.25) is 0 Å². The molecular weight excluding hydrogens is 164 g/mol. The minimum absolute atomic E-state index is 0.583. The molecule has 0 saturated carbocycles. The molecule has 3 heteroatoms. The molecule has 1 N–H and O–H groups in total. The Morgan fingerprint density at radius 2 is 2.46 bits per heavy atom. The molecule has 1 aromatic heterocycles. The number of hydrogen-bond acceptors (Lipinski definition) is 3. The number of oxazole rings is 1. The summed E-state index contributed by atoms with van der Waals surface area (Å²) in [5.41, 5.74) is 0. The fourth-order valence-electron chi connectivity index (χ4n) is 2.69. The molecule has 1 aromatic rings. The largest absolute Gasteiger partial charge is 0.446 e. The molecule has 13 heavy (non-hydrogen) atoms. The molecule has 3 unspecified atom stereocenters. The first-order valence-electron chi connectivity index (χ1n) is 5.01. The van der Waals surface area contributed by atoms with E-state index in [0.717, 1.165) is 17.7 Å². The van der Waals surface area contributed by atoms with Gasteiger partial charge in [0, 0.05) is 24.9 Å². The second-order valence-corrected chi connectivity index (χ2v) is 4.17. The van der Waals surface area contributed by atoms with Crippen LogP contribution >= 0.6 is 0 Å². The third kappa shape index (κ3) is 1.10. The highest BCUT2D eigenvalue weighted by atomic mass is 16.4. The van der Waals surface area contributed by atoms with Crippen molar-refractivity contribution in [1.29, 1.82) is 0 Å². The Balaban J connectivity index is 1.87. The quantitative estimate of drug-likeness (QED) is 0.709. The minimum atomic E-state index is 0.583. The lowest BCUT2D eigenvalue weighted by Crippen LogP contribution is -2.21. The van der Waals surface area contributed by atoms with Crippen molar-refractivity contribution in [1.82, 2.24) is 10.3 Å². The van der Waals surface area contributed by atoms with Gasteiger partial charge in [0.2, 0.25) is 0 Å². The molecule has 0 spiro atoms. The Bertz CT molecular complexity index is 320. The van der Waals surface area contributed by atoms with E-state index >= 15 is 0 Å². The van der Waals surface area contributed by atoms with Crippen molar-refractivity contribution in [3.05, 3.63) is 17.8 Å². The molecule has 0 amide bonds. The molecule has 3 heterocycles. The van der Waals surface area contributed by atoms with E-state index in [-0.39, 0.29) is 0 Å². The first kappa shape index (κ1) is 7.56. The van der Waals surface area contributed by atoms with Crippen LogP contribution in [0.2, 0.25) is 0 Å². The Labute approximate surface area is 77.5 Å². The molecule has 0 aromatic carbocycles. The molecule has 2 aliphatic rings. The van der Waals surface area contributed by atoms with Gasteiger partial charge in [0.15, 0.2) is 5.89 Å². The number of rotatable bonds is 1. The van der Waals surface area contributed by atoms with E-state index < -0.39 is 0 Å². The van der Waals surface area contributed by atoms with Crippen LogP contribution in [0.4, 0.5) is 0 Å². The first-order chi connectivity index (χ1) is 6.33. The third-order valence-corrected chi connectivity index (χ3v) is 3.30. The van der Waals surface area contributed by atoms with Crippen LogP contribution in [0.3, 0.4) is 0 Å². The van der Waals surface area contributed by atoms with Gasteiger partial charge in [-0.05, 0) is 19.3 Å². The highest BCUT2D eigenvalue weighted by molar-refractivity contribution is 5.13. The predicted octanol–water partition coefficient (Wildman–Crippen LogP) is 1.59. The van der Waals surface area contributed by atoms with E-state index in [4.69, 9.17) is 4.42 Å². The van der Waals surface area contributed by atoms with Crippen molar-refractivity contribution in [2.75, 3.05) is 0 Å². The van der Waals surface area contributed by atoms with Gasteiger partial charge in [-0.25, -0.2) is 4.98 Å². The Kier molecular flexibility index (Phi) is 1.50. The zero-order valence-corrected chi connectivity index (χ0v) is 7.79. The summed E-state index contributed by atoms with van der Waals surface area (Å²) in [7, 11) is 0. The van der Waals surface area contributed by atoms with Crippen LogP contribution in [-0.2, 0) is 0 Å². The summed E-state index contributed by atoms with van der Waals surface area (Å²) in [6, 6.07) is 1.39. The molecule has 2 bridgehead atoms. The van der Waals surface area contributed by atoms with Crippen LogP contribution in [0.15, 0.2) is 10.6 Å². The van der Waals surface area contributed by atoms with E-state index in [9.17, 15) is 0 Å². The normalized spacial score (nSPS) is 37.2. The molecule has 70 valence electrons. The fraction of sp³-hybridized carbons (Fsp3) is 0.700. The van der Waals surface area contributed by atoms with Gasteiger partial charge < -0.3 is 9.73 Å². The van der Waals surface area contributed by atoms with Gasteiger partial charge >= 0.3 is 0 Å². The van der Waals surface area contributed by atoms with Crippen molar-refractivity contribution in [3.63, 3.8) is 0 Å². The number of aryl methyl sites for hydroxylation is 1. The summed E-state index contributed by atoms with van der Waals surface area (Å²) in [5, 5.41) is 3.60. The Hall–Kier alpha value is -0.830. The lowest BCUT2D eigenvalue weighted by atomic mass is 9.88. The highest BCUT2D eigenvalue weighted by Crippen LogP contribution is 2.39. The maximum Gasteiger partial charge on any atom is 0.191 e. The van der Waals surface area contributed by atoms with Crippen molar-refractivity contribution < 1.29 is 4.42 Å². The number of fused-ring (bicyclic) bond motifs is 2. The summed E-state index contributed by atoms with van der Waals surface area (Å²) in [4.78, 5) is 4.15. The van der Waals surface area contributed by atoms with Crippen molar-refractivity contribution in [3.8, 4) is 0 Å². The first-order valence-corrected chi connectivity index (χ1v) is 5.01. The molecule has 3 nitrogen and oxygen atoms in total. The average molecular weight is 178 g/mol. The lowest BCUT2D eigenvalue weighted by molar-refractivity contribution is 0.393. The van der Waals surface area contributed by atoms with Crippen LogP contribution in [0.1, 0.15) is 36.8 Å². The third-order valence-electron chi connectivity index (χ3n) is 3.30. The maximum atomic E-state index is 5.57. The van der Waals surface area contributed by atoms with E-state index in [1.54, 1.807) is 0 Å². The van der Waals surface area contributed by atoms with E-state index in [1.807, 2.05) is 13.1 Å². The molecule has 2 fully saturated rings. The zero-order chi connectivity index (χ0) is 8.84. The summed E-state index contributed by atoms with van der Waals surface area (Å²) >= 11 is 0. The summed E-state index contributed by atoms with van der Waals surface area (Å²) in [5.74, 6) is 2.45. The summed E-state index contributed by atoms with van der Waals surface area (Å²) in [6.07, 6.45) is 5.77. The lowest BCUT2D eigenvalue weighted by Gasteiger charge is -2.16. The number of nitrogens with one attached hydrogen (secondary N) is 1. The number of aromatic nitrogens is 1. The van der Waals surface area contributed by atoms with E-state index in [1.165, 1.54) is 19.3 Å². The predicted molar refractivity (Wildman–Crippen MR) is 48.5 cm³/mol. The number of nitrogens with zero attached hydrogens (tertiary/aromatic N) is 1. The molecule has 3 atom stereocenters. The van der Waals surface area contributed by atoms with Crippen LogP contribution < -0.4 is 5.32 Å². The number of hydrogen-bond donors (Lipinski definition) is 1. The maximum absolute atomic E-state index is 5.57. The van der Waals surface area contributed by atoms with Crippen LogP contribution in [0.25, 0.3) is 0 Å². The monoisotopic (exact) mass is 178 g/mol. The van der Waals surface area contributed by atoms with Gasteiger partial charge in [-0.15, -0.1) is 0 Å². The Morgan fingerprint density at radius 3 is 3.00 bits per heavy atom. The standard InChI is InChI=1S/C10H14N2O/c1-6-11-5-10(13-6)8-4-7-2-3-9(8)12-7/h5,7-9,12H,2-4H2,1H3. The van der Waals surface area contributed by atoms with Gasteiger partial charge in [-0.2, -0.15) is 0 Å². The van der Waals surface area contributed by atoms with E-state index in [0.29, 0.717) is 12.0 Å². The molecule has 0 radical (unpaired) electrons. The van der Waals surface area contributed by atoms with E-state index in [2.05, 4.69) is 10.3 Å². The molecule has 2 saturated heterocycles. The smallest absolute Gasteiger partial charge is 0.191 e.